The number of para-hydroxylation sites is 1. The average molecular weight is 583 g/mol. The number of hydrogen-bond acceptors (Lipinski definition) is 1. The number of furan rings is 1. The van der Waals surface area contributed by atoms with Gasteiger partial charge in [0.1, 0.15) is 11.2 Å². The molecular formula is C44H30O. The summed E-state index contributed by atoms with van der Waals surface area (Å²) in [6.45, 7) is 0. The lowest BCUT2D eigenvalue weighted by Crippen LogP contribution is -1.93. The first kappa shape index (κ1) is 18.9. The van der Waals surface area contributed by atoms with Crippen LogP contribution >= 0.6 is 0 Å². The van der Waals surface area contributed by atoms with Gasteiger partial charge in [0.25, 0.3) is 0 Å². The van der Waals surface area contributed by atoms with Crippen molar-refractivity contribution in [2.24, 2.45) is 0 Å². The summed E-state index contributed by atoms with van der Waals surface area (Å²) < 4.78 is 79.6. The molecule has 0 unspecified atom stereocenters. The van der Waals surface area contributed by atoms with Gasteiger partial charge in [0, 0.05) is 10.8 Å². The van der Waals surface area contributed by atoms with E-state index in [0.29, 0.717) is 38.8 Å². The lowest BCUT2D eigenvalue weighted by atomic mass is 9.83. The molecule has 7 aromatic carbocycles. The van der Waals surface area contributed by atoms with Crippen LogP contribution in [0.2, 0.25) is 0 Å². The van der Waals surface area contributed by atoms with E-state index < -0.39 is 24.2 Å². The maximum absolute atomic E-state index is 9.47. The van der Waals surface area contributed by atoms with Crippen LogP contribution in [0.4, 0.5) is 0 Å². The third-order valence-electron chi connectivity index (χ3n) is 8.73. The first-order chi connectivity index (χ1) is 25.7. The van der Waals surface area contributed by atoms with Gasteiger partial charge in [0.15, 0.2) is 0 Å². The van der Waals surface area contributed by atoms with E-state index in [-0.39, 0.29) is 45.7 Å². The van der Waals surface area contributed by atoms with Crippen molar-refractivity contribution >= 4 is 49.1 Å². The van der Waals surface area contributed by atoms with Gasteiger partial charge in [-0.25, -0.2) is 0 Å². The van der Waals surface area contributed by atoms with Crippen molar-refractivity contribution < 1.29 is 15.4 Å². The fourth-order valence-corrected chi connectivity index (χ4v) is 6.69. The summed E-state index contributed by atoms with van der Waals surface area (Å²) in [6.07, 6.45) is 8.06. The quantitative estimate of drug-likeness (QED) is 0.188. The van der Waals surface area contributed by atoms with Crippen molar-refractivity contribution in [3.8, 4) is 33.4 Å². The molecule has 9 rings (SSSR count). The van der Waals surface area contributed by atoms with Crippen LogP contribution < -0.4 is 0 Å². The van der Waals surface area contributed by atoms with Gasteiger partial charge < -0.3 is 4.42 Å². The average Bonchev–Trinajstić information content (AvgIpc) is 3.58. The largest absolute Gasteiger partial charge is 0.456 e. The van der Waals surface area contributed by atoms with Crippen molar-refractivity contribution in [1.29, 1.82) is 0 Å². The van der Waals surface area contributed by atoms with Gasteiger partial charge >= 0.3 is 0 Å². The summed E-state index contributed by atoms with van der Waals surface area (Å²) in [6, 6.07) is 26.0. The monoisotopic (exact) mass is 582 g/mol. The van der Waals surface area contributed by atoms with Gasteiger partial charge in [-0.1, -0.05) is 139 Å². The molecule has 0 radical (unpaired) electrons. The van der Waals surface area contributed by atoms with Crippen LogP contribution in [0.15, 0.2) is 162 Å². The standard InChI is InChI=1S/C44H30O/c1-3-13-29(14-4-1)31-23-25-32(26-24-31)42-34-17-7-9-19-36(34)43(37-20-10-8-18-35(37)42)39-27-33(30-15-5-2-6-16-30)28-41-44(39)38-21-11-12-22-40(38)45-41/h1,3-5,7-28H,2,6H2/i7D,8D,9D,10D,17D,18D,19D,20D. The smallest absolute Gasteiger partial charge is 0.136 e. The summed E-state index contributed by atoms with van der Waals surface area (Å²) in [4.78, 5) is 0. The van der Waals surface area contributed by atoms with Gasteiger partial charge in [0.05, 0.1) is 11.0 Å². The second-order valence-corrected chi connectivity index (χ2v) is 11.3. The number of hydrogen-bond donors (Lipinski definition) is 0. The van der Waals surface area contributed by atoms with E-state index in [9.17, 15) is 5.48 Å². The molecule has 1 aliphatic carbocycles. The first-order valence-electron chi connectivity index (χ1n) is 19.1. The highest BCUT2D eigenvalue weighted by atomic mass is 16.3. The summed E-state index contributed by atoms with van der Waals surface area (Å²) in [5, 5.41) is 2.17. The van der Waals surface area contributed by atoms with Crippen LogP contribution in [0.3, 0.4) is 0 Å². The van der Waals surface area contributed by atoms with Crippen molar-refractivity contribution in [3.05, 3.63) is 163 Å². The highest BCUT2D eigenvalue weighted by Gasteiger charge is 2.21. The second-order valence-electron chi connectivity index (χ2n) is 11.3. The van der Waals surface area contributed by atoms with E-state index in [4.69, 9.17) is 9.90 Å². The van der Waals surface area contributed by atoms with Gasteiger partial charge in [-0.3, -0.25) is 0 Å². The Bertz CT molecular complexity index is 2820. The van der Waals surface area contributed by atoms with Crippen molar-refractivity contribution in [1.82, 2.24) is 0 Å². The summed E-state index contributed by atoms with van der Waals surface area (Å²) in [7, 11) is 0. The molecule has 8 aromatic rings. The molecule has 0 spiro atoms. The van der Waals surface area contributed by atoms with E-state index >= 15 is 0 Å². The maximum atomic E-state index is 9.47. The second kappa shape index (κ2) is 10.5. The fourth-order valence-electron chi connectivity index (χ4n) is 6.69. The highest BCUT2D eigenvalue weighted by molar-refractivity contribution is 6.26. The molecule has 1 heteroatoms. The van der Waals surface area contributed by atoms with Gasteiger partial charge in [-0.05, 0) is 97.1 Å². The van der Waals surface area contributed by atoms with Crippen LogP contribution in [0.25, 0.3) is 82.4 Å². The normalized spacial score (nSPS) is 15.7. The third-order valence-corrected chi connectivity index (χ3v) is 8.73. The minimum Gasteiger partial charge on any atom is -0.456 e. The molecule has 0 aliphatic heterocycles. The zero-order valence-electron chi connectivity index (χ0n) is 32.2. The predicted molar refractivity (Wildman–Crippen MR) is 191 cm³/mol. The Morgan fingerprint density at radius 1 is 0.511 bits per heavy atom. The molecule has 1 heterocycles. The Morgan fingerprint density at radius 3 is 1.82 bits per heavy atom. The molecule has 212 valence electrons. The summed E-state index contributed by atoms with van der Waals surface area (Å²) in [5.41, 5.74) is 6.64. The molecule has 0 N–H and O–H groups in total. The van der Waals surface area contributed by atoms with E-state index in [2.05, 4.69) is 12.2 Å². The molecule has 0 amide bonds. The van der Waals surface area contributed by atoms with Crippen LogP contribution in [0.5, 0.6) is 0 Å². The first-order valence-corrected chi connectivity index (χ1v) is 15.1. The predicted octanol–water partition coefficient (Wildman–Crippen LogP) is 12.6. The SMILES string of the molecule is [2H]c1c([2H])c([2H])c2c(-c3cc(C4=CCCC=C4)cc4oc5ccccc5c34)c3c([2H])c([2H])c([2H])c([2H])c3c(-c3ccc(-c4ccccc4)cc3)c2c1[2H]. The van der Waals surface area contributed by atoms with Gasteiger partial charge in [0.2, 0.25) is 0 Å². The molecule has 0 atom stereocenters. The molecule has 1 aliphatic rings. The number of benzene rings is 7. The zero-order valence-corrected chi connectivity index (χ0v) is 24.2. The number of rotatable bonds is 4. The Kier molecular flexibility index (Phi) is 4.41. The van der Waals surface area contributed by atoms with E-state index in [0.717, 1.165) is 40.5 Å². The molecular weight excluding hydrogens is 544 g/mol. The molecule has 1 aromatic heterocycles. The van der Waals surface area contributed by atoms with Crippen LogP contribution in [-0.2, 0) is 0 Å². The molecule has 0 saturated heterocycles. The minimum atomic E-state index is -0.434. The van der Waals surface area contributed by atoms with E-state index in [1.54, 1.807) is 0 Å². The van der Waals surface area contributed by atoms with Crippen molar-refractivity contribution in [2.45, 2.75) is 12.8 Å². The highest BCUT2D eigenvalue weighted by Crippen LogP contribution is 2.48. The third kappa shape index (κ3) is 4.24. The van der Waals surface area contributed by atoms with E-state index in [1.807, 2.05) is 97.1 Å². The molecule has 0 fully saturated rings. The molecule has 1 nitrogen and oxygen atoms in total. The molecule has 0 saturated carbocycles. The van der Waals surface area contributed by atoms with Crippen molar-refractivity contribution in [3.63, 3.8) is 0 Å². The lowest BCUT2D eigenvalue weighted by molar-refractivity contribution is 0.669. The fraction of sp³-hybridized carbons (Fsp3) is 0.0455. The van der Waals surface area contributed by atoms with Crippen LogP contribution in [-0.4, -0.2) is 0 Å². The Balaban J connectivity index is 1.53. The summed E-state index contributed by atoms with van der Waals surface area (Å²) >= 11 is 0. The maximum Gasteiger partial charge on any atom is 0.136 e. The Hall–Kier alpha value is -5.66. The minimum absolute atomic E-state index is 0.174. The topological polar surface area (TPSA) is 13.1 Å². The molecule has 45 heavy (non-hydrogen) atoms. The molecule has 0 bridgehead atoms. The number of fused-ring (bicyclic) bond motifs is 5. The van der Waals surface area contributed by atoms with Crippen LogP contribution in [0.1, 0.15) is 29.4 Å². The Labute approximate surface area is 273 Å². The number of allylic oxidation sites excluding steroid dienone is 4. The zero-order chi connectivity index (χ0) is 36.7. The summed E-state index contributed by atoms with van der Waals surface area (Å²) in [5.74, 6) is 0. The van der Waals surface area contributed by atoms with Gasteiger partial charge in [-0.2, -0.15) is 0 Å². The van der Waals surface area contributed by atoms with E-state index in [1.165, 1.54) is 0 Å². The van der Waals surface area contributed by atoms with Crippen LogP contribution in [0, 0.1) is 0 Å². The van der Waals surface area contributed by atoms with Crippen molar-refractivity contribution in [2.75, 3.05) is 0 Å². The van der Waals surface area contributed by atoms with Gasteiger partial charge in [-0.15, -0.1) is 0 Å². The Morgan fingerprint density at radius 2 is 1.13 bits per heavy atom. The lowest BCUT2D eigenvalue weighted by Gasteiger charge is -2.19.